The normalized spacial score (nSPS) is 16.4. The lowest BCUT2D eigenvalue weighted by atomic mass is 10.1. The van der Waals surface area contributed by atoms with Crippen molar-refractivity contribution in [2.24, 2.45) is 0 Å². The highest BCUT2D eigenvalue weighted by molar-refractivity contribution is 5.77. The molecule has 2 aromatic carbocycles. The van der Waals surface area contributed by atoms with Crippen LogP contribution < -0.4 is 10.2 Å². The maximum Gasteiger partial charge on any atom is 0.260 e. The molecule has 0 N–H and O–H groups in total. The molecule has 0 spiro atoms. The summed E-state index contributed by atoms with van der Waals surface area (Å²) >= 11 is 0. The first kappa shape index (κ1) is 22.4. The van der Waals surface area contributed by atoms with Gasteiger partial charge in [-0.15, -0.1) is 0 Å². The van der Waals surface area contributed by atoms with Crippen LogP contribution in [0.1, 0.15) is 22.5 Å². The van der Waals surface area contributed by atoms with Crippen LogP contribution in [0.3, 0.4) is 0 Å². The second-order valence-corrected chi connectivity index (χ2v) is 8.92. The zero-order chi connectivity index (χ0) is 23.3. The average Bonchev–Trinajstić information content (AvgIpc) is 3.27. The van der Waals surface area contributed by atoms with Gasteiger partial charge >= 0.3 is 0 Å². The lowest BCUT2D eigenvalue weighted by molar-refractivity contribution is -0.135. The van der Waals surface area contributed by atoms with Gasteiger partial charge < -0.3 is 14.1 Å². The number of piperazine rings is 1. The number of hydrogen-bond donors (Lipinski definition) is 0. The molecule has 176 valence electrons. The molecule has 0 unspecified atom stereocenters. The standard InChI is InChI=1S/C27H29N3O4/c31-25-14-24(18-29-16-22-8-4-5-9-23(22)17-29)33-19-26(25)34-20-27(32)30-12-10-28(11-13-30)15-21-6-2-1-3-7-21/h1-9,14,19H,10-13,15-18,20H2. The number of benzene rings is 2. The van der Waals surface area contributed by atoms with Gasteiger partial charge in [0.15, 0.2) is 6.61 Å². The van der Waals surface area contributed by atoms with Crippen LogP contribution in [0, 0.1) is 0 Å². The summed E-state index contributed by atoms with van der Waals surface area (Å²) in [7, 11) is 0. The maximum absolute atomic E-state index is 12.6. The molecule has 3 aromatic rings. The lowest BCUT2D eigenvalue weighted by Crippen LogP contribution is -2.49. The number of nitrogens with zero attached hydrogens (tertiary/aromatic N) is 3. The molecule has 1 fully saturated rings. The molecule has 7 heteroatoms. The molecule has 2 aliphatic rings. The Morgan fingerprint density at radius 2 is 1.53 bits per heavy atom. The maximum atomic E-state index is 12.6. The van der Waals surface area contributed by atoms with E-state index in [9.17, 15) is 9.59 Å². The molecule has 0 atom stereocenters. The Balaban J connectivity index is 1.08. The Morgan fingerprint density at radius 3 is 2.21 bits per heavy atom. The van der Waals surface area contributed by atoms with Crippen molar-refractivity contribution in [2.75, 3.05) is 32.8 Å². The van der Waals surface area contributed by atoms with E-state index in [4.69, 9.17) is 9.15 Å². The summed E-state index contributed by atoms with van der Waals surface area (Å²) in [4.78, 5) is 31.5. The lowest BCUT2D eigenvalue weighted by Gasteiger charge is -2.34. The highest BCUT2D eigenvalue weighted by Gasteiger charge is 2.22. The van der Waals surface area contributed by atoms with Crippen LogP contribution in [0.4, 0.5) is 0 Å². The van der Waals surface area contributed by atoms with Crippen molar-refractivity contribution in [2.45, 2.75) is 26.2 Å². The number of rotatable bonds is 7. The van der Waals surface area contributed by atoms with E-state index in [1.165, 1.54) is 29.0 Å². The molecular weight excluding hydrogens is 430 g/mol. The molecule has 0 aliphatic carbocycles. The Morgan fingerprint density at radius 1 is 0.853 bits per heavy atom. The minimum absolute atomic E-state index is 0.0736. The van der Waals surface area contributed by atoms with Gasteiger partial charge in [0.25, 0.3) is 5.91 Å². The molecule has 2 aliphatic heterocycles. The summed E-state index contributed by atoms with van der Waals surface area (Å²) in [6, 6.07) is 20.1. The highest BCUT2D eigenvalue weighted by Crippen LogP contribution is 2.24. The fraction of sp³-hybridized carbons (Fsp3) is 0.333. The second-order valence-electron chi connectivity index (χ2n) is 8.92. The molecular formula is C27H29N3O4. The fourth-order valence-electron chi connectivity index (χ4n) is 4.59. The van der Waals surface area contributed by atoms with E-state index in [1.807, 2.05) is 30.3 Å². The van der Waals surface area contributed by atoms with Crippen molar-refractivity contribution in [3.8, 4) is 5.75 Å². The van der Waals surface area contributed by atoms with Gasteiger partial charge in [-0.1, -0.05) is 54.6 Å². The van der Waals surface area contributed by atoms with Crippen LogP contribution in [0.5, 0.6) is 5.75 Å². The van der Waals surface area contributed by atoms with E-state index >= 15 is 0 Å². The molecule has 34 heavy (non-hydrogen) atoms. The van der Waals surface area contributed by atoms with Crippen molar-refractivity contribution in [1.82, 2.24) is 14.7 Å². The highest BCUT2D eigenvalue weighted by atomic mass is 16.5. The van der Waals surface area contributed by atoms with E-state index in [1.54, 1.807) is 4.90 Å². The molecule has 0 bridgehead atoms. The third-order valence-electron chi connectivity index (χ3n) is 6.46. The number of amides is 1. The molecule has 7 nitrogen and oxygen atoms in total. The van der Waals surface area contributed by atoms with E-state index in [2.05, 4.69) is 34.1 Å². The first-order valence-electron chi connectivity index (χ1n) is 11.7. The predicted octanol–water partition coefficient (Wildman–Crippen LogP) is 2.88. The first-order valence-corrected chi connectivity index (χ1v) is 11.7. The number of fused-ring (bicyclic) bond motifs is 1. The molecule has 5 rings (SSSR count). The van der Waals surface area contributed by atoms with Crippen LogP contribution in [0.15, 0.2) is 76.1 Å². The SMILES string of the molecule is O=C(COc1coc(CN2Cc3ccccc3C2)cc1=O)N1CCN(Cc2ccccc2)CC1. The zero-order valence-electron chi connectivity index (χ0n) is 19.2. The van der Waals surface area contributed by atoms with Crippen molar-refractivity contribution in [3.63, 3.8) is 0 Å². The Kier molecular flexibility index (Phi) is 6.74. The average molecular weight is 460 g/mol. The zero-order valence-corrected chi connectivity index (χ0v) is 19.2. The third kappa shape index (κ3) is 5.38. The summed E-state index contributed by atoms with van der Waals surface area (Å²) < 4.78 is 11.2. The summed E-state index contributed by atoms with van der Waals surface area (Å²) in [6.07, 6.45) is 1.33. The van der Waals surface area contributed by atoms with Crippen LogP contribution in [0.2, 0.25) is 0 Å². The van der Waals surface area contributed by atoms with Gasteiger partial charge in [0.2, 0.25) is 11.2 Å². The van der Waals surface area contributed by atoms with E-state index in [0.717, 1.165) is 32.7 Å². The van der Waals surface area contributed by atoms with E-state index in [-0.39, 0.29) is 23.7 Å². The second kappa shape index (κ2) is 10.2. The van der Waals surface area contributed by atoms with Gasteiger partial charge in [-0.2, -0.15) is 0 Å². The third-order valence-corrected chi connectivity index (χ3v) is 6.46. The van der Waals surface area contributed by atoms with Gasteiger partial charge in [-0.3, -0.25) is 19.4 Å². The van der Waals surface area contributed by atoms with E-state index < -0.39 is 0 Å². The largest absolute Gasteiger partial charge is 0.477 e. The molecule has 0 saturated carbocycles. The number of hydrogen-bond acceptors (Lipinski definition) is 6. The van der Waals surface area contributed by atoms with Crippen molar-refractivity contribution in [1.29, 1.82) is 0 Å². The summed E-state index contributed by atoms with van der Waals surface area (Å²) in [5.41, 5.74) is 3.63. The Bertz CT molecular complexity index is 1160. The molecule has 1 saturated heterocycles. The van der Waals surface area contributed by atoms with Crippen molar-refractivity contribution < 1.29 is 13.9 Å². The Labute approximate surface area is 199 Å². The van der Waals surface area contributed by atoms with Gasteiger partial charge in [-0.05, 0) is 16.7 Å². The van der Waals surface area contributed by atoms with Crippen molar-refractivity contribution in [3.05, 3.63) is 99.6 Å². The van der Waals surface area contributed by atoms with Crippen LogP contribution in [0.25, 0.3) is 0 Å². The van der Waals surface area contributed by atoms with E-state index in [0.29, 0.717) is 25.4 Å². The summed E-state index contributed by atoms with van der Waals surface area (Å²) in [6.45, 7) is 5.89. The molecule has 3 heterocycles. The van der Waals surface area contributed by atoms with Crippen LogP contribution in [-0.2, 0) is 31.0 Å². The number of carbonyl (C=O) groups excluding carboxylic acids is 1. The van der Waals surface area contributed by atoms with Gasteiger partial charge in [0, 0.05) is 51.9 Å². The van der Waals surface area contributed by atoms with Gasteiger partial charge in [0.1, 0.15) is 12.0 Å². The van der Waals surface area contributed by atoms with Crippen LogP contribution in [-0.4, -0.2) is 53.4 Å². The molecule has 1 aromatic heterocycles. The fourth-order valence-corrected chi connectivity index (χ4v) is 4.59. The summed E-state index contributed by atoms with van der Waals surface area (Å²) in [5.74, 6) is 0.549. The Hall–Kier alpha value is -3.42. The van der Waals surface area contributed by atoms with Crippen molar-refractivity contribution >= 4 is 5.91 Å². The van der Waals surface area contributed by atoms with Gasteiger partial charge in [-0.25, -0.2) is 0 Å². The minimum atomic E-state index is -0.265. The summed E-state index contributed by atoms with van der Waals surface area (Å²) in [5, 5.41) is 0. The number of carbonyl (C=O) groups is 1. The monoisotopic (exact) mass is 459 g/mol. The number of ether oxygens (including phenoxy) is 1. The molecule has 1 amide bonds. The quantitative estimate of drug-likeness (QED) is 0.541. The van der Waals surface area contributed by atoms with Crippen LogP contribution >= 0.6 is 0 Å². The first-order chi connectivity index (χ1) is 16.6. The molecule has 0 radical (unpaired) electrons. The topological polar surface area (TPSA) is 66.2 Å². The minimum Gasteiger partial charge on any atom is -0.477 e. The smallest absolute Gasteiger partial charge is 0.260 e. The van der Waals surface area contributed by atoms with Gasteiger partial charge in [0.05, 0.1) is 6.54 Å². The predicted molar refractivity (Wildman–Crippen MR) is 128 cm³/mol.